The van der Waals surface area contributed by atoms with E-state index in [0.717, 1.165) is 6.42 Å². The Morgan fingerprint density at radius 3 is 2.50 bits per heavy atom. The third-order valence-electron chi connectivity index (χ3n) is 0.737. The van der Waals surface area contributed by atoms with Gasteiger partial charge in [0.25, 0.3) is 0 Å². The molecule has 1 unspecified atom stereocenters. The van der Waals surface area contributed by atoms with Gasteiger partial charge >= 0.3 is 0 Å². The van der Waals surface area contributed by atoms with Gasteiger partial charge in [-0.1, -0.05) is 0 Å². The molecule has 0 bridgehead atoms. The highest BCUT2D eigenvalue weighted by atomic mass is 35.5. The molecule has 0 radical (unpaired) electrons. The smallest absolute Gasteiger partial charge is 0.156 e. The maximum Gasteiger partial charge on any atom is 0.156 e. The van der Waals surface area contributed by atoms with Crippen LogP contribution in [0.1, 0.15) is 6.42 Å². The first-order chi connectivity index (χ1) is 4.81. The third-order valence-corrected chi connectivity index (χ3v) is 2.38. The van der Waals surface area contributed by atoms with E-state index in [2.05, 4.69) is 0 Å². The van der Waals surface area contributed by atoms with E-state index in [1.165, 1.54) is 0 Å². The molecule has 0 aliphatic heterocycles. The lowest BCUT2D eigenvalue weighted by Gasteiger charge is -1.98. The largest absolute Gasteiger partial charge is 0.290 e. The van der Waals surface area contributed by atoms with E-state index in [4.69, 9.17) is 27.4 Å². The van der Waals surface area contributed by atoms with Gasteiger partial charge in [-0.25, -0.2) is 4.21 Å². The molecule has 0 heterocycles. The Kier molecular flexibility index (Phi) is 8.33. The Hall–Kier alpha value is 0.690. The molecule has 62 valence electrons. The summed E-state index contributed by atoms with van der Waals surface area (Å²) in [5.41, 5.74) is 0. The molecule has 0 fully saturated rings. The van der Waals surface area contributed by atoms with Crippen LogP contribution in [-0.4, -0.2) is 28.3 Å². The van der Waals surface area contributed by atoms with Crippen molar-refractivity contribution in [3.8, 4) is 0 Å². The minimum Gasteiger partial charge on any atom is -0.290 e. The summed E-state index contributed by atoms with van der Waals surface area (Å²) < 4.78 is 15.5. The topological polar surface area (TPSA) is 26.3 Å². The van der Waals surface area contributed by atoms with Crippen molar-refractivity contribution < 1.29 is 8.39 Å². The Balaban J connectivity index is 3.05. The maximum absolute atomic E-state index is 10.7. The van der Waals surface area contributed by atoms with Crippen LogP contribution < -0.4 is 0 Å². The highest BCUT2D eigenvalue weighted by Crippen LogP contribution is 1.91. The summed E-state index contributed by atoms with van der Waals surface area (Å²) in [5, 5.41) is 0. The van der Waals surface area contributed by atoms with Crippen molar-refractivity contribution >= 4 is 34.3 Å². The first-order valence-corrected chi connectivity index (χ1v) is 5.26. The molecular weight excluding hydrogens is 195 g/mol. The quantitative estimate of drug-likeness (QED) is 0.485. The van der Waals surface area contributed by atoms with E-state index >= 15 is 0 Å². The maximum atomic E-state index is 10.7. The fourth-order valence-electron chi connectivity index (χ4n) is 0.328. The molecular formula is C5H10Cl2O2S. The molecule has 0 saturated carbocycles. The van der Waals surface area contributed by atoms with E-state index in [1.54, 1.807) is 0 Å². The molecule has 2 nitrogen and oxygen atoms in total. The van der Waals surface area contributed by atoms with Crippen molar-refractivity contribution in [2.24, 2.45) is 0 Å². The van der Waals surface area contributed by atoms with E-state index in [1.807, 2.05) is 0 Å². The zero-order chi connectivity index (χ0) is 7.82. The lowest BCUT2D eigenvalue weighted by atomic mass is 10.5. The van der Waals surface area contributed by atoms with Crippen molar-refractivity contribution in [2.45, 2.75) is 6.42 Å². The molecule has 0 amide bonds. The fraction of sp³-hybridized carbons (Fsp3) is 1.00. The van der Waals surface area contributed by atoms with Crippen molar-refractivity contribution in [1.82, 2.24) is 0 Å². The Labute approximate surface area is 73.5 Å². The van der Waals surface area contributed by atoms with Gasteiger partial charge in [-0.3, -0.25) is 4.18 Å². The molecule has 0 N–H and O–H groups in total. The van der Waals surface area contributed by atoms with Gasteiger partial charge in [0.05, 0.1) is 12.4 Å². The van der Waals surface area contributed by atoms with Crippen LogP contribution in [-0.2, 0) is 15.3 Å². The highest BCUT2D eigenvalue weighted by molar-refractivity contribution is 7.80. The highest BCUT2D eigenvalue weighted by Gasteiger charge is 1.96. The Morgan fingerprint density at radius 2 is 2.00 bits per heavy atom. The van der Waals surface area contributed by atoms with Crippen molar-refractivity contribution in [1.29, 1.82) is 0 Å². The van der Waals surface area contributed by atoms with Gasteiger partial charge in [0.1, 0.15) is 0 Å². The number of rotatable bonds is 6. The second-order valence-corrected chi connectivity index (χ2v) is 3.57. The molecule has 1 atom stereocenters. The molecule has 0 aromatic rings. The second kappa shape index (κ2) is 7.79. The van der Waals surface area contributed by atoms with Crippen molar-refractivity contribution in [2.75, 3.05) is 24.1 Å². The van der Waals surface area contributed by atoms with Crippen LogP contribution in [0.4, 0.5) is 0 Å². The minimum atomic E-state index is -1.21. The first-order valence-electron chi connectivity index (χ1n) is 2.95. The predicted molar refractivity (Wildman–Crippen MR) is 45.0 cm³/mol. The standard InChI is InChI=1S/C5H10Cl2O2S/c6-2-1-4-9-10(8)5-3-7/h1-5H2. The lowest BCUT2D eigenvalue weighted by Crippen LogP contribution is -2.04. The van der Waals surface area contributed by atoms with Crippen LogP contribution in [0.15, 0.2) is 0 Å². The van der Waals surface area contributed by atoms with Crippen LogP contribution in [0, 0.1) is 0 Å². The summed E-state index contributed by atoms with van der Waals surface area (Å²) in [6.07, 6.45) is 0.732. The number of hydrogen-bond donors (Lipinski definition) is 0. The van der Waals surface area contributed by atoms with E-state index in [9.17, 15) is 4.21 Å². The molecule has 0 rings (SSSR count). The molecule has 10 heavy (non-hydrogen) atoms. The summed E-state index contributed by atoms with van der Waals surface area (Å²) in [6, 6.07) is 0. The van der Waals surface area contributed by atoms with Crippen LogP contribution in [0.2, 0.25) is 0 Å². The van der Waals surface area contributed by atoms with Gasteiger partial charge in [-0.05, 0) is 6.42 Å². The van der Waals surface area contributed by atoms with Crippen LogP contribution in [0.3, 0.4) is 0 Å². The van der Waals surface area contributed by atoms with Gasteiger partial charge < -0.3 is 0 Å². The molecule has 0 aliphatic rings. The summed E-state index contributed by atoms with van der Waals surface area (Å²) in [5.74, 6) is 1.30. The van der Waals surface area contributed by atoms with E-state index in [-0.39, 0.29) is 0 Å². The molecule has 0 aliphatic carbocycles. The average Bonchev–Trinajstić information content (AvgIpc) is 1.89. The molecule has 0 aromatic carbocycles. The Bertz CT molecular complexity index is 99.6. The first kappa shape index (κ1) is 10.7. The summed E-state index contributed by atoms with van der Waals surface area (Å²) in [6.45, 7) is 0.451. The van der Waals surface area contributed by atoms with Crippen LogP contribution >= 0.6 is 23.2 Å². The minimum absolute atomic E-state index is 0.369. The summed E-state index contributed by atoms with van der Waals surface area (Å²) >= 11 is 9.45. The zero-order valence-electron chi connectivity index (χ0n) is 5.52. The fourth-order valence-corrected chi connectivity index (χ4v) is 1.36. The van der Waals surface area contributed by atoms with Crippen molar-refractivity contribution in [3.63, 3.8) is 0 Å². The molecule has 0 spiro atoms. The van der Waals surface area contributed by atoms with Gasteiger partial charge in [0.15, 0.2) is 11.1 Å². The summed E-state index contributed by atoms with van der Waals surface area (Å²) in [4.78, 5) is 0. The molecule has 5 heteroatoms. The second-order valence-electron chi connectivity index (χ2n) is 1.56. The number of hydrogen-bond acceptors (Lipinski definition) is 2. The normalized spacial score (nSPS) is 13.4. The molecule has 0 saturated heterocycles. The van der Waals surface area contributed by atoms with E-state index in [0.29, 0.717) is 24.1 Å². The van der Waals surface area contributed by atoms with Crippen LogP contribution in [0.25, 0.3) is 0 Å². The number of alkyl halides is 2. The van der Waals surface area contributed by atoms with Crippen LogP contribution in [0.5, 0.6) is 0 Å². The SMILES string of the molecule is O=S(CCCl)OCCCCl. The third kappa shape index (κ3) is 6.81. The van der Waals surface area contributed by atoms with Gasteiger partial charge in [0, 0.05) is 11.8 Å². The monoisotopic (exact) mass is 204 g/mol. The van der Waals surface area contributed by atoms with Gasteiger partial charge in [-0.2, -0.15) is 0 Å². The van der Waals surface area contributed by atoms with Crippen molar-refractivity contribution in [3.05, 3.63) is 0 Å². The average molecular weight is 205 g/mol. The van der Waals surface area contributed by atoms with Gasteiger partial charge in [-0.15, -0.1) is 23.2 Å². The predicted octanol–water partition coefficient (Wildman–Crippen LogP) is 1.53. The number of halogens is 2. The zero-order valence-corrected chi connectivity index (χ0v) is 7.84. The molecule has 0 aromatic heterocycles. The summed E-state index contributed by atoms with van der Waals surface area (Å²) in [7, 11) is 0. The van der Waals surface area contributed by atoms with E-state index < -0.39 is 11.1 Å². The lowest BCUT2D eigenvalue weighted by molar-refractivity contribution is 0.349. The Morgan fingerprint density at radius 1 is 1.30 bits per heavy atom. The van der Waals surface area contributed by atoms with Gasteiger partial charge in [0.2, 0.25) is 0 Å².